The first-order valence-electron chi connectivity index (χ1n) is 13.1. The number of fused-ring (bicyclic) bond motifs is 3. The number of aryl methyl sites for hydroxylation is 2. The summed E-state index contributed by atoms with van der Waals surface area (Å²) in [5.74, 6) is -0.389. The number of amides is 4. The van der Waals surface area contributed by atoms with Crippen molar-refractivity contribution in [3.8, 4) is 0 Å². The standard InChI is InChI=1S/C29H36N4O4/c1-18-10-11-21(14-19(18)2)30-25(34)17-32-26-23-15-22(37-4)12-13-24(23)31(3)27(26)28(35)33(29(32)36)16-20-8-6-5-7-9-20/h5-11,14,22-24,26-27H,12-13,15-17H2,1-4H3,(H,30,34). The van der Waals surface area contributed by atoms with E-state index >= 15 is 0 Å². The van der Waals surface area contributed by atoms with E-state index in [1.165, 1.54) is 4.90 Å². The maximum atomic E-state index is 13.9. The zero-order chi connectivity index (χ0) is 26.3. The highest BCUT2D eigenvalue weighted by Crippen LogP contribution is 2.44. The highest BCUT2D eigenvalue weighted by atomic mass is 16.5. The number of carbonyl (C=O) groups is 3. The third-order valence-corrected chi connectivity index (χ3v) is 8.51. The summed E-state index contributed by atoms with van der Waals surface area (Å²) in [6, 6.07) is 14.2. The fraction of sp³-hybridized carbons (Fsp3) is 0.483. The van der Waals surface area contributed by atoms with Crippen LogP contribution in [0.4, 0.5) is 10.5 Å². The van der Waals surface area contributed by atoms with Crippen LogP contribution in [0.1, 0.15) is 36.0 Å². The van der Waals surface area contributed by atoms with Crippen LogP contribution in [0.25, 0.3) is 0 Å². The maximum absolute atomic E-state index is 13.9. The molecule has 1 N–H and O–H groups in total. The predicted octanol–water partition coefficient (Wildman–Crippen LogP) is 3.57. The predicted molar refractivity (Wildman–Crippen MR) is 141 cm³/mol. The Hall–Kier alpha value is -3.23. The second-order valence-corrected chi connectivity index (χ2v) is 10.7. The van der Waals surface area contributed by atoms with Gasteiger partial charge in [-0.25, -0.2) is 4.79 Å². The van der Waals surface area contributed by atoms with Gasteiger partial charge in [0.25, 0.3) is 0 Å². The van der Waals surface area contributed by atoms with Crippen LogP contribution < -0.4 is 5.32 Å². The van der Waals surface area contributed by atoms with Crippen molar-refractivity contribution in [1.82, 2.24) is 14.7 Å². The second-order valence-electron chi connectivity index (χ2n) is 10.7. The molecule has 0 aromatic heterocycles. The molecule has 5 rings (SSSR count). The molecule has 2 aliphatic heterocycles. The molecule has 1 saturated carbocycles. The number of nitrogens with zero attached hydrogens (tertiary/aromatic N) is 3. The lowest BCUT2D eigenvalue weighted by atomic mass is 9.79. The summed E-state index contributed by atoms with van der Waals surface area (Å²) in [7, 11) is 3.70. The summed E-state index contributed by atoms with van der Waals surface area (Å²) in [6.45, 7) is 4.10. The van der Waals surface area contributed by atoms with E-state index in [4.69, 9.17) is 4.74 Å². The van der Waals surface area contributed by atoms with Gasteiger partial charge in [-0.2, -0.15) is 0 Å². The van der Waals surface area contributed by atoms with Crippen molar-refractivity contribution in [2.75, 3.05) is 26.0 Å². The topological polar surface area (TPSA) is 82.2 Å². The van der Waals surface area contributed by atoms with E-state index in [1.54, 1.807) is 12.0 Å². The molecule has 0 bridgehead atoms. The number of benzene rings is 2. The Labute approximate surface area is 218 Å². The zero-order valence-electron chi connectivity index (χ0n) is 22.0. The highest BCUT2D eigenvalue weighted by Gasteiger charge is 2.60. The second kappa shape index (κ2) is 10.3. The quantitative estimate of drug-likeness (QED) is 0.651. The molecule has 5 unspecified atom stereocenters. The van der Waals surface area contributed by atoms with Crippen molar-refractivity contribution in [3.05, 3.63) is 65.2 Å². The van der Waals surface area contributed by atoms with Crippen LogP contribution >= 0.6 is 0 Å². The Kier molecular flexibility index (Phi) is 7.05. The Morgan fingerprint density at radius 1 is 1.05 bits per heavy atom. The third-order valence-electron chi connectivity index (χ3n) is 8.51. The van der Waals surface area contributed by atoms with Gasteiger partial charge in [0.15, 0.2) is 0 Å². The summed E-state index contributed by atoms with van der Waals surface area (Å²) in [5, 5.41) is 2.96. The first kappa shape index (κ1) is 25.4. The molecule has 2 aromatic carbocycles. The summed E-state index contributed by atoms with van der Waals surface area (Å²) in [4.78, 5) is 46.1. The number of hydrogen-bond donors (Lipinski definition) is 1. The number of imide groups is 1. The van der Waals surface area contributed by atoms with E-state index in [-0.39, 0.29) is 49.0 Å². The number of urea groups is 1. The summed E-state index contributed by atoms with van der Waals surface area (Å²) >= 11 is 0. The third kappa shape index (κ3) is 4.76. The summed E-state index contributed by atoms with van der Waals surface area (Å²) < 4.78 is 5.69. The zero-order valence-corrected chi connectivity index (χ0v) is 22.0. The van der Waals surface area contributed by atoms with Gasteiger partial charge in [0.05, 0.1) is 18.7 Å². The minimum Gasteiger partial charge on any atom is -0.381 e. The molecule has 8 nitrogen and oxygen atoms in total. The van der Waals surface area contributed by atoms with Gasteiger partial charge in [0, 0.05) is 18.8 Å². The molecular formula is C29H36N4O4. The molecule has 3 aliphatic rings. The van der Waals surface area contributed by atoms with Crippen LogP contribution in [0.15, 0.2) is 48.5 Å². The molecule has 2 aromatic rings. The molecule has 5 atom stereocenters. The number of carbonyl (C=O) groups excluding carboxylic acids is 3. The Morgan fingerprint density at radius 3 is 2.51 bits per heavy atom. The molecule has 0 spiro atoms. The first-order valence-corrected chi connectivity index (χ1v) is 13.1. The number of methoxy groups -OCH3 is 1. The molecule has 0 radical (unpaired) electrons. The van der Waals surface area contributed by atoms with Crippen LogP contribution in [-0.4, -0.2) is 77.5 Å². The van der Waals surface area contributed by atoms with Gasteiger partial charge in [0.2, 0.25) is 11.8 Å². The lowest BCUT2D eigenvalue weighted by Crippen LogP contribution is -2.66. The Bertz CT molecular complexity index is 1190. The van der Waals surface area contributed by atoms with Gasteiger partial charge in [-0.3, -0.25) is 19.4 Å². The monoisotopic (exact) mass is 504 g/mol. The summed E-state index contributed by atoms with van der Waals surface area (Å²) in [5.41, 5.74) is 3.80. The van der Waals surface area contributed by atoms with Crippen molar-refractivity contribution in [2.24, 2.45) is 5.92 Å². The van der Waals surface area contributed by atoms with Crippen molar-refractivity contribution >= 4 is 23.5 Å². The largest absolute Gasteiger partial charge is 0.381 e. The van der Waals surface area contributed by atoms with Gasteiger partial charge in [-0.05, 0) is 74.9 Å². The lowest BCUT2D eigenvalue weighted by Gasteiger charge is -2.44. The highest BCUT2D eigenvalue weighted by molar-refractivity contribution is 6.03. The number of ether oxygens (including phenoxy) is 1. The van der Waals surface area contributed by atoms with Gasteiger partial charge >= 0.3 is 6.03 Å². The van der Waals surface area contributed by atoms with Crippen molar-refractivity contribution < 1.29 is 19.1 Å². The van der Waals surface area contributed by atoms with E-state index in [2.05, 4.69) is 10.2 Å². The number of anilines is 1. The van der Waals surface area contributed by atoms with Crippen molar-refractivity contribution in [1.29, 1.82) is 0 Å². The molecule has 1 aliphatic carbocycles. The number of likely N-dealkylation sites (tertiary alicyclic amines) is 1. The number of likely N-dealkylation sites (N-methyl/N-ethyl adjacent to an activating group) is 1. The van der Waals surface area contributed by atoms with E-state index < -0.39 is 12.1 Å². The number of rotatable bonds is 6. The van der Waals surface area contributed by atoms with Gasteiger partial charge in [0.1, 0.15) is 12.6 Å². The molecule has 196 valence electrons. The van der Waals surface area contributed by atoms with Crippen LogP contribution in [-0.2, 0) is 20.9 Å². The Morgan fingerprint density at radius 2 is 1.81 bits per heavy atom. The SMILES string of the molecule is COC1CCC2C(C1)C1C(C(=O)N(Cc3ccccc3)C(=O)N1CC(=O)Nc1ccc(C)c(C)c1)N2C. The van der Waals surface area contributed by atoms with E-state index in [0.717, 1.165) is 36.0 Å². The first-order chi connectivity index (χ1) is 17.8. The van der Waals surface area contributed by atoms with E-state index in [0.29, 0.717) is 5.69 Å². The Balaban J connectivity index is 1.45. The lowest BCUT2D eigenvalue weighted by molar-refractivity contribution is -0.140. The van der Waals surface area contributed by atoms with Crippen LogP contribution in [0.3, 0.4) is 0 Å². The smallest absolute Gasteiger partial charge is 0.327 e. The fourth-order valence-electron chi connectivity index (χ4n) is 6.43. The molecule has 4 amide bonds. The summed E-state index contributed by atoms with van der Waals surface area (Å²) in [6.07, 6.45) is 2.67. The van der Waals surface area contributed by atoms with Gasteiger partial charge in [-0.15, -0.1) is 0 Å². The average Bonchev–Trinajstić information content (AvgIpc) is 3.18. The van der Waals surface area contributed by atoms with Crippen molar-refractivity contribution in [3.63, 3.8) is 0 Å². The van der Waals surface area contributed by atoms with Crippen LogP contribution in [0.5, 0.6) is 0 Å². The molecule has 37 heavy (non-hydrogen) atoms. The molecule has 2 saturated heterocycles. The normalized spacial score (nSPS) is 27.7. The minimum atomic E-state index is -0.485. The van der Waals surface area contributed by atoms with Crippen LogP contribution in [0, 0.1) is 19.8 Å². The van der Waals surface area contributed by atoms with Crippen LogP contribution in [0.2, 0.25) is 0 Å². The maximum Gasteiger partial charge on any atom is 0.327 e. The molecule has 2 heterocycles. The molecule has 8 heteroatoms. The number of nitrogens with one attached hydrogen (secondary N) is 1. The van der Waals surface area contributed by atoms with E-state index in [1.807, 2.05) is 69.4 Å². The van der Waals surface area contributed by atoms with Gasteiger partial charge < -0.3 is 15.0 Å². The molecule has 3 fully saturated rings. The fourth-order valence-corrected chi connectivity index (χ4v) is 6.43. The average molecular weight is 505 g/mol. The number of hydrogen-bond acceptors (Lipinski definition) is 5. The van der Waals surface area contributed by atoms with Gasteiger partial charge in [-0.1, -0.05) is 36.4 Å². The van der Waals surface area contributed by atoms with Crippen molar-refractivity contribution in [2.45, 2.75) is 63.9 Å². The molecular weight excluding hydrogens is 468 g/mol. The minimum absolute atomic E-state index is 0.0647. The van der Waals surface area contributed by atoms with E-state index in [9.17, 15) is 14.4 Å².